The molecule has 0 radical (unpaired) electrons. The van der Waals surface area contributed by atoms with Gasteiger partial charge in [-0.3, -0.25) is 0 Å². The third kappa shape index (κ3) is 2.83. The molecular weight excluding hydrogens is 200 g/mol. The maximum absolute atomic E-state index is 11.0. The summed E-state index contributed by atoms with van der Waals surface area (Å²) in [5.74, 6) is -0.939. The predicted octanol–water partition coefficient (Wildman–Crippen LogP) is 3.35. The standard InChI is InChI=1S/C14H16O2/c1-9(2)13(14(15)16)8-12-6-5-10(3)11(4)7-12/h5-8H,1H2,2-4H3,(H,15,16). The molecule has 0 saturated carbocycles. The van der Waals surface area contributed by atoms with E-state index in [4.69, 9.17) is 5.11 Å². The van der Waals surface area contributed by atoms with E-state index in [0.717, 1.165) is 11.1 Å². The molecule has 0 aliphatic carbocycles. The van der Waals surface area contributed by atoms with E-state index < -0.39 is 5.97 Å². The summed E-state index contributed by atoms with van der Waals surface area (Å²) in [5, 5.41) is 9.00. The van der Waals surface area contributed by atoms with Crippen LogP contribution >= 0.6 is 0 Å². The van der Waals surface area contributed by atoms with Gasteiger partial charge in [0, 0.05) is 0 Å². The van der Waals surface area contributed by atoms with Crippen LogP contribution in [0.25, 0.3) is 6.08 Å². The Morgan fingerprint density at radius 1 is 1.31 bits per heavy atom. The zero-order valence-corrected chi connectivity index (χ0v) is 9.87. The highest BCUT2D eigenvalue weighted by Crippen LogP contribution is 2.16. The molecule has 0 aliphatic heterocycles. The second-order valence-corrected chi connectivity index (χ2v) is 3.99. The van der Waals surface area contributed by atoms with Crippen LogP contribution in [-0.2, 0) is 4.79 Å². The minimum atomic E-state index is -0.939. The van der Waals surface area contributed by atoms with Gasteiger partial charge in [0.15, 0.2) is 0 Å². The Labute approximate surface area is 95.9 Å². The van der Waals surface area contributed by atoms with Crippen molar-refractivity contribution in [1.29, 1.82) is 0 Å². The molecule has 2 heteroatoms. The van der Waals surface area contributed by atoms with Crippen LogP contribution in [0.3, 0.4) is 0 Å². The molecule has 0 aliphatic rings. The quantitative estimate of drug-likeness (QED) is 0.621. The second-order valence-electron chi connectivity index (χ2n) is 3.99. The fraction of sp³-hybridized carbons (Fsp3) is 0.214. The summed E-state index contributed by atoms with van der Waals surface area (Å²) in [4.78, 5) is 11.0. The molecule has 1 rings (SSSR count). The number of hydrogen-bond donors (Lipinski definition) is 1. The van der Waals surface area contributed by atoms with Crippen LogP contribution < -0.4 is 0 Å². The van der Waals surface area contributed by atoms with Crippen molar-refractivity contribution < 1.29 is 9.90 Å². The van der Waals surface area contributed by atoms with E-state index in [1.807, 2.05) is 32.0 Å². The van der Waals surface area contributed by atoms with Gasteiger partial charge in [0.1, 0.15) is 0 Å². The summed E-state index contributed by atoms with van der Waals surface area (Å²) >= 11 is 0. The van der Waals surface area contributed by atoms with Crippen LogP contribution in [0.2, 0.25) is 0 Å². The second kappa shape index (κ2) is 4.79. The summed E-state index contributed by atoms with van der Waals surface area (Å²) < 4.78 is 0. The van der Waals surface area contributed by atoms with Crippen LogP contribution in [0.4, 0.5) is 0 Å². The van der Waals surface area contributed by atoms with E-state index in [1.165, 1.54) is 5.56 Å². The number of hydrogen-bond acceptors (Lipinski definition) is 1. The topological polar surface area (TPSA) is 37.3 Å². The van der Waals surface area contributed by atoms with Crippen LogP contribution in [0, 0.1) is 13.8 Å². The number of rotatable bonds is 3. The van der Waals surface area contributed by atoms with E-state index in [1.54, 1.807) is 13.0 Å². The van der Waals surface area contributed by atoms with Gasteiger partial charge in [-0.2, -0.15) is 0 Å². The lowest BCUT2D eigenvalue weighted by atomic mass is 10.0. The molecule has 0 unspecified atom stereocenters. The summed E-state index contributed by atoms with van der Waals surface area (Å²) in [6.07, 6.45) is 1.65. The first-order chi connectivity index (χ1) is 7.41. The van der Waals surface area contributed by atoms with E-state index in [0.29, 0.717) is 5.57 Å². The third-order valence-electron chi connectivity index (χ3n) is 2.53. The first-order valence-electron chi connectivity index (χ1n) is 5.10. The van der Waals surface area contributed by atoms with E-state index in [-0.39, 0.29) is 5.57 Å². The molecule has 0 atom stereocenters. The molecule has 84 valence electrons. The summed E-state index contributed by atoms with van der Waals surface area (Å²) in [7, 11) is 0. The zero-order valence-electron chi connectivity index (χ0n) is 9.87. The molecule has 0 spiro atoms. The largest absolute Gasteiger partial charge is 0.478 e. The minimum absolute atomic E-state index is 0.253. The molecule has 0 saturated heterocycles. The van der Waals surface area contributed by atoms with Gasteiger partial charge in [-0.25, -0.2) is 4.79 Å². The molecule has 0 aromatic heterocycles. The van der Waals surface area contributed by atoms with Gasteiger partial charge >= 0.3 is 5.97 Å². The van der Waals surface area contributed by atoms with Crippen molar-refractivity contribution >= 4 is 12.0 Å². The molecular formula is C14H16O2. The van der Waals surface area contributed by atoms with Crippen molar-refractivity contribution in [2.75, 3.05) is 0 Å². The van der Waals surface area contributed by atoms with Crippen molar-refractivity contribution in [2.45, 2.75) is 20.8 Å². The Balaban J connectivity index is 3.18. The van der Waals surface area contributed by atoms with Crippen molar-refractivity contribution in [3.8, 4) is 0 Å². The highest BCUT2D eigenvalue weighted by molar-refractivity contribution is 5.96. The lowest BCUT2D eigenvalue weighted by Gasteiger charge is -2.04. The molecule has 0 fully saturated rings. The van der Waals surface area contributed by atoms with E-state index >= 15 is 0 Å². The van der Waals surface area contributed by atoms with Gasteiger partial charge in [0.05, 0.1) is 5.57 Å². The lowest BCUT2D eigenvalue weighted by Crippen LogP contribution is -2.00. The highest BCUT2D eigenvalue weighted by Gasteiger charge is 2.07. The number of aliphatic carboxylic acids is 1. The average Bonchev–Trinajstić information content (AvgIpc) is 2.18. The van der Waals surface area contributed by atoms with Gasteiger partial charge in [0.25, 0.3) is 0 Å². The molecule has 1 N–H and O–H groups in total. The van der Waals surface area contributed by atoms with E-state index in [2.05, 4.69) is 6.58 Å². The SMILES string of the molecule is C=C(C)C(=Cc1ccc(C)c(C)c1)C(=O)O. The normalized spacial score (nSPS) is 11.3. The first kappa shape index (κ1) is 12.2. The van der Waals surface area contributed by atoms with Crippen molar-refractivity contribution in [1.82, 2.24) is 0 Å². The predicted molar refractivity (Wildman–Crippen MR) is 66.3 cm³/mol. The maximum Gasteiger partial charge on any atom is 0.335 e. The summed E-state index contributed by atoms with van der Waals surface area (Å²) in [5.41, 5.74) is 4.06. The first-order valence-corrected chi connectivity index (χ1v) is 5.10. The fourth-order valence-electron chi connectivity index (χ4n) is 1.39. The average molecular weight is 216 g/mol. The van der Waals surface area contributed by atoms with Crippen molar-refractivity contribution in [3.63, 3.8) is 0 Å². The van der Waals surface area contributed by atoms with Gasteiger partial charge in [-0.05, 0) is 49.1 Å². The van der Waals surface area contributed by atoms with Crippen LogP contribution in [0.5, 0.6) is 0 Å². The molecule has 2 nitrogen and oxygen atoms in total. The minimum Gasteiger partial charge on any atom is -0.478 e. The van der Waals surface area contributed by atoms with Crippen molar-refractivity contribution in [3.05, 3.63) is 52.6 Å². The molecule has 0 amide bonds. The van der Waals surface area contributed by atoms with Crippen LogP contribution in [0.15, 0.2) is 35.9 Å². The highest BCUT2D eigenvalue weighted by atomic mass is 16.4. The summed E-state index contributed by atoms with van der Waals surface area (Å²) in [6, 6.07) is 5.87. The van der Waals surface area contributed by atoms with Crippen LogP contribution in [0.1, 0.15) is 23.6 Å². The number of carboxylic acids is 1. The lowest BCUT2D eigenvalue weighted by molar-refractivity contribution is -0.132. The zero-order chi connectivity index (χ0) is 12.3. The maximum atomic E-state index is 11.0. The smallest absolute Gasteiger partial charge is 0.335 e. The number of carbonyl (C=O) groups is 1. The molecule has 0 heterocycles. The van der Waals surface area contributed by atoms with Gasteiger partial charge in [0.2, 0.25) is 0 Å². The molecule has 1 aromatic rings. The van der Waals surface area contributed by atoms with Crippen LogP contribution in [-0.4, -0.2) is 11.1 Å². The third-order valence-corrected chi connectivity index (χ3v) is 2.53. The number of carboxylic acid groups (broad SMARTS) is 1. The van der Waals surface area contributed by atoms with Crippen molar-refractivity contribution in [2.24, 2.45) is 0 Å². The monoisotopic (exact) mass is 216 g/mol. The Morgan fingerprint density at radius 2 is 1.94 bits per heavy atom. The summed E-state index contributed by atoms with van der Waals surface area (Å²) in [6.45, 7) is 9.39. The van der Waals surface area contributed by atoms with Gasteiger partial charge in [-0.15, -0.1) is 0 Å². The number of aryl methyl sites for hydroxylation is 2. The van der Waals surface area contributed by atoms with Gasteiger partial charge < -0.3 is 5.11 Å². The Hall–Kier alpha value is -1.83. The Kier molecular flexibility index (Phi) is 3.67. The molecule has 16 heavy (non-hydrogen) atoms. The fourth-order valence-corrected chi connectivity index (χ4v) is 1.39. The molecule has 0 bridgehead atoms. The number of benzene rings is 1. The Bertz CT molecular complexity index is 452. The van der Waals surface area contributed by atoms with E-state index in [9.17, 15) is 4.79 Å². The molecule has 1 aromatic carbocycles. The Morgan fingerprint density at radius 3 is 2.38 bits per heavy atom. The van der Waals surface area contributed by atoms with Gasteiger partial charge in [-0.1, -0.05) is 24.8 Å².